The number of likely N-dealkylation sites (N-methyl/N-ethyl adjacent to an activating group) is 1. The van der Waals surface area contributed by atoms with E-state index in [0.29, 0.717) is 28.7 Å². The van der Waals surface area contributed by atoms with Gasteiger partial charge in [-0.05, 0) is 25.2 Å². The molecule has 1 rings (SSSR count). The van der Waals surface area contributed by atoms with Gasteiger partial charge in [0.2, 0.25) is 5.91 Å². The molecule has 0 heterocycles. The lowest BCUT2D eigenvalue weighted by molar-refractivity contribution is -0.117. The molecule has 4 nitrogen and oxygen atoms in total. The minimum absolute atomic E-state index is 0.0947. The highest BCUT2D eigenvalue weighted by Gasteiger charge is 2.07. The molecule has 1 amide bonds. The van der Waals surface area contributed by atoms with Crippen LogP contribution >= 0.6 is 23.8 Å². The van der Waals surface area contributed by atoms with Crippen LogP contribution in [0.15, 0.2) is 24.3 Å². The molecule has 0 aromatic heterocycles. The minimum Gasteiger partial charge on any atom is -0.393 e. The highest BCUT2D eigenvalue weighted by atomic mass is 35.5. The fourth-order valence-electron chi connectivity index (χ4n) is 1.39. The zero-order chi connectivity index (χ0) is 13.5. The Morgan fingerprint density at radius 1 is 1.56 bits per heavy atom. The highest BCUT2D eigenvalue weighted by Crippen LogP contribution is 2.14. The molecular weight excluding hydrogens is 270 g/mol. The van der Waals surface area contributed by atoms with Crippen LogP contribution in [-0.2, 0) is 4.79 Å². The van der Waals surface area contributed by atoms with E-state index in [0.717, 1.165) is 0 Å². The van der Waals surface area contributed by atoms with E-state index in [1.807, 2.05) is 11.9 Å². The van der Waals surface area contributed by atoms with E-state index < -0.39 is 0 Å². The first-order chi connectivity index (χ1) is 8.47. The van der Waals surface area contributed by atoms with E-state index in [9.17, 15) is 4.79 Å². The molecule has 0 fully saturated rings. The predicted molar refractivity (Wildman–Crippen MR) is 79.0 cm³/mol. The van der Waals surface area contributed by atoms with Crippen molar-refractivity contribution in [3.63, 3.8) is 0 Å². The van der Waals surface area contributed by atoms with Gasteiger partial charge in [-0.15, -0.1) is 0 Å². The molecule has 0 saturated carbocycles. The first-order valence-electron chi connectivity index (χ1n) is 5.49. The highest BCUT2D eigenvalue weighted by molar-refractivity contribution is 7.80. The quantitative estimate of drug-likeness (QED) is 0.784. The molecule has 0 atom stereocenters. The summed E-state index contributed by atoms with van der Waals surface area (Å²) in [4.78, 5) is 14.0. The van der Waals surface area contributed by atoms with Crippen LogP contribution in [0.2, 0.25) is 5.02 Å². The van der Waals surface area contributed by atoms with Gasteiger partial charge in [-0.25, -0.2) is 0 Å². The Kier molecular flexibility index (Phi) is 6.04. The molecule has 0 aliphatic rings. The van der Waals surface area contributed by atoms with Crippen LogP contribution in [-0.4, -0.2) is 35.9 Å². The molecule has 0 spiro atoms. The van der Waals surface area contributed by atoms with Gasteiger partial charge in [-0.2, -0.15) is 0 Å². The summed E-state index contributed by atoms with van der Waals surface area (Å²) < 4.78 is 0. The summed E-state index contributed by atoms with van der Waals surface area (Å²) in [5.41, 5.74) is 6.09. The monoisotopic (exact) mass is 285 g/mol. The van der Waals surface area contributed by atoms with E-state index in [1.165, 1.54) is 0 Å². The van der Waals surface area contributed by atoms with Crippen LogP contribution in [0.1, 0.15) is 6.42 Å². The van der Waals surface area contributed by atoms with Crippen LogP contribution < -0.4 is 11.1 Å². The lowest BCUT2D eigenvalue weighted by atomic mass is 10.3. The van der Waals surface area contributed by atoms with Crippen LogP contribution in [0.4, 0.5) is 5.69 Å². The molecule has 0 unspecified atom stereocenters. The average molecular weight is 286 g/mol. The van der Waals surface area contributed by atoms with E-state index in [-0.39, 0.29) is 12.5 Å². The maximum atomic E-state index is 11.7. The van der Waals surface area contributed by atoms with Crippen LogP contribution in [0.5, 0.6) is 0 Å². The molecular formula is C12H16ClN3OS. The molecule has 6 heteroatoms. The molecule has 0 radical (unpaired) electrons. The normalized spacial score (nSPS) is 10.4. The number of benzene rings is 1. The molecule has 1 aromatic rings. The van der Waals surface area contributed by atoms with Crippen molar-refractivity contribution in [2.75, 3.05) is 25.5 Å². The number of hydrogen-bond acceptors (Lipinski definition) is 3. The van der Waals surface area contributed by atoms with Crippen molar-refractivity contribution in [3.8, 4) is 0 Å². The van der Waals surface area contributed by atoms with Gasteiger partial charge in [0.05, 0.1) is 11.5 Å². The van der Waals surface area contributed by atoms with Gasteiger partial charge < -0.3 is 11.1 Å². The second-order valence-corrected chi connectivity index (χ2v) is 4.97. The summed E-state index contributed by atoms with van der Waals surface area (Å²) in [6, 6.07) is 7.04. The Balaban J connectivity index is 2.39. The molecule has 18 heavy (non-hydrogen) atoms. The predicted octanol–water partition coefficient (Wildman–Crippen LogP) is 1.89. The van der Waals surface area contributed by atoms with Gasteiger partial charge in [0, 0.05) is 23.7 Å². The largest absolute Gasteiger partial charge is 0.393 e. The van der Waals surface area contributed by atoms with Crippen LogP contribution in [0.3, 0.4) is 0 Å². The standard InChI is InChI=1S/C12H16ClN3OS/c1-16(6-5-11(14)18)8-12(17)15-10-4-2-3-9(13)7-10/h2-4,7H,5-6,8H2,1H3,(H2,14,18)(H,15,17). The van der Waals surface area contributed by atoms with Crippen molar-refractivity contribution in [2.45, 2.75) is 6.42 Å². The number of anilines is 1. The molecule has 0 aliphatic heterocycles. The second-order valence-electron chi connectivity index (χ2n) is 4.01. The molecule has 3 N–H and O–H groups in total. The number of nitrogens with zero attached hydrogens (tertiary/aromatic N) is 1. The lowest BCUT2D eigenvalue weighted by Gasteiger charge is -2.15. The van der Waals surface area contributed by atoms with Gasteiger partial charge in [0.1, 0.15) is 0 Å². The summed E-state index contributed by atoms with van der Waals surface area (Å²) in [5.74, 6) is -0.0947. The average Bonchev–Trinajstić information content (AvgIpc) is 2.26. The zero-order valence-corrected chi connectivity index (χ0v) is 11.7. The van der Waals surface area contributed by atoms with Crippen molar-refractivity contribution in [2.24, 2.45) is 5.73 Å². The van der Waals surface area contributed by atoms with E-state index >= 15 is 0 Å². The third-order valence-corrected chi connectivity index (χ3v) is 2.70. The summed E-state index contributed by atoms with van der Waals surface area (Å²) in [5, 5.41) is 3.36. The number of thiocarbonyl (C=S) groups is 1. The molecule has 98 valence electrons. The van der Waals surface area contributed by atoms with Gasteiger partial charge in [-0.1, -0.05) is 29.9 Å². The third-order valence-electron chi connectivity index (χ3n) is 2.26. The van der Waals surface area contributed by atoms with Crippen molar-refractivity contribution < 1.29 is 4.79 Å². The zero-order valence-electron chi connectivity index (χ0n) is 10.1. The number of nitrogens with one attached hydrogen (secondary N) is 1. The summed E-state index contributed by atoms with van der Waals surface area (Å²) in [7, 11) is 1.84. The van der Waals surface area contributed by atoms with Crippen molar-refractivity contribution in [3.05, 3.63) is 29.3 Å². The lowest BCUT2D eigenvalue weighted by Crippen LogP contribution is -2.32. The number of nitrogens with two attached hydrogens (primary N) is 1. The first-order valence-corrected chi connectivity index (χ1v) is 6.28. The number of carbonyl (C=O) groups excluding carboxylic acids is 1. The number of amides is 1. The molecule has 0 aliphatic carbocycles. The summed E-state index contributed by atoms with van der Waals surface area (Å²) in [6.45, 7) is 0.952. The number of carbonyl (C=O) groups is 1. The number of halogens is 1. The smallest absolute Gasteiger partial charge is 0.238 e. The summed E-state index contributed by atoms with van der Waals surface area (Å²) in [6.07, 6.45) is 0.607. The number of rotatable bonds is 6. The van der Waals surface area contributed by atoms with Crippen LogP contribution in [0, 0.1) is 0 Å². The third kappa shape index (κ3) is 5.95. The Labute approximate surface area is 117 Å². The second kappa shape index (κ2) is 7.31. The Hall–Kier alpha value is -1.17. The SMILES string of the molecule is CN(CCC(N)=S)CC(=O)Nc1cccc(Cl)c1. The Morgan fingerprint density at radius 2 is 2.28 bits per heavy atom. The summed E-state index contributed by atoms with van der Waals surface area (Å²) >= 11 is 10.6. The van der Waals surface area contributed by atoms with E-state index in [4.69, 9.17) is 29.6 Å². The van der Waals surface area contributed by atoms with Gasteiger partial charge in [0.25, 0.3) is 0 Å². The van der Waals surface area contributed by atoms with E-state index in [2.05, 4.69) is 5.32 Å². The van der Waals surface area contributed by atoms with Crippen molar-refractivity contribution in [1.29, 1.82) is 0 Å². The fourth-order valence-corrected chi connectivity index (χ4v) is 1.67. The molecule has 0 bridgehead atoms. The minimum atomic E-state index is -0.0947. The Morgan fingerprint density at radius 3 is 2.89 bits per heavy atom. The van der Waals surface area contributed by atoms with Crippen molar-refractivity contribution in [1.82, 2.24) is 4.90 Å². The maximum Gasteiger partial charge on any atom is 0.238 e. The van der Waals surface area contributed by atoms with Crippen LogP contribution in [0.25, 0.3) is 0 Å². The first kappa shape index (κ1) is 14.9. The Bertz CT molecular complexity index is 439. The van der Waals surface area contributed by atoms with E-state index in [1.54, 1.807) is 24.3 Å². The molecule has 0 saturated heterocycles. The maximum absolute atomic E-state index is 11.7. The number of hydrogen-bond donors (Lipinski definition) is 2. The topological polar surface area (TPSA) is 58.4 Å². The fraction of sp³-hybridized carbons (Fsp3) is 0.333. The van der Waals surface area contributed by atoms with Gasteiger partial charge in [-0.3, -0.25) is 9.69 Å². The van der Waals surface area contributed by atoms with Crippen molar-refractivity contribution >= 4 is 40.4 Å². The molecule has 1 aromatic carbocycles. The van der Waals surface area contributed by atoms with Gasteiger partial charge in [0.15, 0.2) is 0 Å². The van der Waals surface area contributed by atoms with Gasteiger partial charge >= 0.3 is 0 Å².